The molecule has 2 fully saturated rings. The Kier molecular flexibility index (Phi) is 5.81. The number of carbonyl (C=O) groups is 2. The maximum atomic E-state index is 12.7. The number of halogens is 1. The number of carbonyl (C=O) groups excluding carboxylic acids is 2. The lowest BCUT2D eigenvalue weighted by atomic mass is 9.96. The summed E-state index contributed by atoms with van der Waals surface area (Å²) in [5, 5.41) is 6.74. The number of rotatable bonds is 3. The maximum absolute atomic E-state index is 12.7. The van der Waals surface area contributed by atoms with E-state index >= 15 is 0 Å². The van der Waals surface area contributed by atoms with Crippen molar-refractivity contribution in [2.75, 3.05) is 51.6 Å². The zero-order valence-corrected chi connectivity index (χ0v) is 15.3. The SMILES string of the molecule is CNc1ccc(C(=O)N2CCN(C(=O)C3CCNCC3)CC2)c(Cl)c1. The Morgan fingerprint density at radius 1 is 1.12 bits per heavy atom. The maximum Gasteiger partial charge on any atom is 0.255 e. The molecule has 3 rings (SSSR count). The Morgan fingerprint density at radius 2 is 1.76 bits per heavy atom. The second-order valence-corrected chi connectivity index (χ2v) is 6.99. The molecule has 2 N–H and O–H groups in total. The van der Waals surface area contributed by atoms with Gasteiger partial charge in [-0.1, -0.05) is 11.6 Å². The monoisotopic (exact) mass is 364 g/mol. The van der Waals surface area contributed by atoms with E-state index in [1.54, 1.807) is 17.0 Å². The molecule has 0 aromatic heterocycles. The minimum Gasteiger partial charge on any atom is -0.388 e. The van der Waals surface area contributed by atoms with Crippen molar-refractivity contribution in [3.05, 3.63) is 28.8 Å². The number of nitrogens with one attached hydrogen (secondary N) is 2. The number of hydrogen-bond acceptors (Lipinski definition) is 4. The fourth-order valence-electron chi connectivity index (χ4n) is 3.47. The van der Waals surface area contributed by atoms with Crippen LogP contribution in [0.3, 0.4) is 0 Å². The number of hydrogen-bond donors (Lipinski definition) is 2. The first-order chi connectivity index (χ1) is 12.1. The summed E-state index contributed by atoms with van der Waals surface area (Å²) in [4.78, 5) is 29.0. The summed E-state index contributed by atoms with van der Waals surface area (Å²) in [5.41, 5.74) is 1.39. The average Bonchev–Trinajstić information content (AvgIpc) is 2.67. The highest BCUT2D eigenvalue weighted by Gasteiger charge is 2.30. The van der Waals surface area contributed by atoms with Gasteiger partial charge < -0.3 is 20.4 Å². The lowest BCUT2D eigenvalue weighted by molar-refractivity contribution is -0.137. The summed E-state index contributed by atoms with van der Waals surface area (Å²) in [7, 11) is 1.81. The topological polar surface area (TPSA) is 64.7 Å². The molecule has 2 amide bonds. The Morgan fingerprint density at radius 3 is 2.36 bits per heavy atom. The normalized spacial score (nSPS) is 19.0. The van der Waals surface area contributed by atoms with Crippen molar-refractivity contribution in [2.45, 2.75) is 12.8 Å². The third-order valence-corrected chi connectivity index (χ3v) is 5.37. The molecule has 0 unspecified atom stereocenters. The van der Waals surface area contributed by atoms with Gasteiger partial charge in [-0.2, -0.15) is 0 Å². The third kappa shape index (κ3) is 4.07. The van der Waals surface area contributed by atoms with Gasteiger partial charge in [0.25, 0.3) is 5.91 Å². The van der Waals surface area contributed by atoms with Crippen LogP contribution in [0.15, 0.2) is 18.2 Å². The lowest BCUT2D eigenvalue weighted by Gasteiger charge is -2.37. The van der Waals surface area contributed by atoms with E-state index in [4.69, 9.17) is 11.6 Å². The third-order valence-electron chi connectivity index (χ3n) is 5.06. The van der Waals surface area contributed by atoms with Gasteiger partial charge in [-0.25, -0.2) is 0 Å². The molecule has 25 heavy (non-hydrogen) atoms. The standard InChI is InChI=1S/C18H25ClN4O2/c1-20-14-2-3-15(16(19)12-14)18(25)23-10-8-22(9-11-23)17(24)13-4-6-21-7-5-13/h2-3,12-13,20-21H,4-11H2,1H3. The van der Waals surface area contributed by atoms with Crippen LogP contribution >= 0.6 is 11.6 Å². The highest BCUT2D eigenvalue weighted by Crippen LogP contribution is 2.23. The molecular weight excluding hydrogens is 340 g/mol. The highest BCUT2D eigenvalue weighted by molar-refractivity contribution is 6.34. The fourth-order valence-corrected chi connectivity index (χ4v) is 3.73. The zero-order valence-electron chi connectivity index (χ0n) is 14.6. The zero-order chi connectivity index (χ0) is 17.8. The van der Waals surface area contributed by atoms with Crippen LogP contribution < -0.4 is 10.6 Å². The number of anilines is 1. The fraction of sp³-hybridized carbons (Fsp3) is 0.556. The Balaban J connectivity index is 1.58. The molecule has 1 aromatic carbocycles. The van der Waals surface area contributed by atoms with Crippen LogP contribution in [0, 0.1) is 5.92 Å². The van der Waals surface area contributed by atoms with E-state index in [0.29, 0.717) is 36.8 Å². The summed E-state index contributed by atoms with van der Waals surface area (Å²) in [6.45, 7) is 4.13. The largest absolute Gasteiger partial charge is 0.388 e. The van der Waals surface area contributed by atoms with Gasteiger partial charge in [0.15, 0.2) is 0 Å². The Labute approximate surface area is 153 Å². The smallest absolute Gasteiger partial charge is 0.255 e. The van der Waals surface area contributed by atoms with Gasteiger partial charge in [-0.3, -0.25) is 9.59 Å². The van der Waals surface area contributed by atoms with Gasteiger partial charge >= 0.3 is 0 Å². The van der Waals surface area contributed by atoms with Crippen molar-refractivity contribution < 1.29 is 9.59 Å². The van der Waals surface area contributed by atoms with Crippen molar-refractivity contribution in [1.29, 1.82) is 0 Å². The van der Waals surface area contributed by atoms with Crippen LogP contribution in [0.1, 0.15) is 23.2 Å². The molecule has 2 aliphatic heterocycles. The minimum absolute atomic E-state index is 0.0679. The van der Waals surface area contributed by atoms with Gasteiger partial charge in [0, 0.05) is 44.8 Å². The second kappa shape index (κ2) is 8.06. The van der Waals surface area contributed by atoms with Crippen LogP contribution in [0.5, 0.6) is 0 Å². The van der Waals surface area contributed by atoms with Gasteiger partial charge in [0.1, 0.15) is 0 Å². The first-order valence-corrected chi connectivity index (χ1v) is 9.24. The van der Waals surface area contributed by atoms with Crippen molar-refractivity contribution in [3.8, 4) is 0 Å². The molecule has 0 aliphatic carbocycles. The average molecular weight is 365 g/mol. The molecule has 2 saturated heterocycles. The summed E-state index contributed by atoms with van der Waals surface area (Å²) in [6.07, 6.45) is 1.82. The van der Waals surface area contributed by atoms with Crippen molar-refractivity contribution >= 4 is 29.1 Å². The van der Waals surface area contributed by atoms with Gasteiger partial charge in [0.2, 0.25) is 5.91 Å². The van der Waals surface area contributed by atoms with Crippen LogP contribution in [-0.4, -0.2) is 67.9 Å². The van der Waals surface area contributed by atoms with E-state index in [1.165, 1.54) is 0 Å². The van der Waals surface area contributed by atoms with Crippen molar-refractivity contribution in [1.82, 2.24) is 15.1 Å². The van der Waals surface area contributed by atoms with Crippen LogP contribution in [-0.2, 0) is 4.79 Å². The van der Waals surface area contributed by atoms with E-state index in [0.717, 1.165) is 31.6 Å². The molecule has 0 saturated carbocycles. The second-order valence-electron chi connectivity index (χ2n) is 6.59. The van der Waals surface area contributed by atoms with Gasteiger partial charge in [-0.15, -0.1) is 0 Å². The molecule has 0 spiro atoms. The summed E-state index contributed by atoms with van der Waals surface area (Å²) < 4.78 is 0. The lowest BCUT2D eigenvalue weighted by Crippen LogP contribution is -2.52. The van der Waals surface area contributed by atoms with Crippen LogP contribution in [0.4, 0.5) is 5.69 Å². The molecule has 1 aromatic rings. The summed E-state index contributed by atoms with van der Waals surface area (Å²) in [5.74, 6) is 0.304. The van der Waals surface area contributed by atoms with Gasteiger partial charge in [0.05, 0.1) is 10.6 Å². The van der Waals surface area contributed by atoms with E-state index < -0.39 is 0 Å². The van der Waals surface area contributed by atoms with Crippen LogP contribution in [0.25, 0.3) is 0 Å². The molecule has 0 atom stereocenters. The van der Waals surface area contributed by atoms with E-state index in [1.807, 2.05) is 18.0 Å². The first-order valence-electron chi connectivity index (χ1n) is 8.86. The van der Waals surface area contributed by atoms with E-state index in [2.05, 4.69) is 10.6 Å². The molecule has 6 nitrogen and oxygen atoms in total. The number of piperidine rings is 1. The van der Waals surface area contributed by atoms with E-state index in [9.17, 15) is 9.59 Å². The predicted molar refractivity (Wildman–Crippen MR) is 99.1 cm³/mol. The summed E-state index contributed by atoms with van der Waals surface area (Å²) in [6, 6.07) is 5.35. The predicted octanol–water partition coefficient (Wildman–Crippen LogP) is 1.67. The highest BCUT2D eigenvalue weighted by atomic mass is 35.5. The Bertz CT molecular complexity index is 638. The number of benzene rings is 1. The quantitative estimate of drug-likeness (QED) is 0.856. The first kappa shape index (κ1) is 18.0. The molecule has 2 heterocycles. The van der Waals surface area contributed by atoms with Gasteiger partial charge in [-0.05, 0) is 44.1 Å². The Hall–Kier alpha value is -1.79. The number of amides is 2. The number of piperazine rings is 1. The molecule has 2 aliphatic rings. The van der Waals surface area contributed by atoms with Crippen molar-refractivity contribution in [2.24, 2.45) is 5.92 Å². The van der Waals surface area contributed by atoms with Crippen molar-refractivity contribution in [3.63, 3.8) is 0 Å². The molecule has 7 heteroatoms. The molecule has 0 radical (unpaired) electrons. The minimum atomic E-state index is -0.0679. The summed E-state index contributed by atoms with van der Waals surface area (Å²) >= 11 is 6.24. The van der Waals surface area contributed by atoms with E-state index in [-0.39, 0.29) is 17.7 Å². The molecule has 0 bridgehead atoms. The molecular formula is C18H25ClN4O2. The molecule has 136 valence electrons. The number of nitrogens with zero attached hydrogens (tertiary/aromatic N) is 2. The van der Waals surface area contributed by atoms with Crippen LogP contribution in [0.2, 0.25) is 5.02 Å².